The molecular weight excluding hydrogens is 412 g/mol. The van der Waals surface area contributed by atoms with Gasteiger partial charge in [0, 0.05) is 32.7 Å². The number of ether oxygens (including phenoxy) is 1. The van der Waals surface area contributed by atoms with Gasteiger partial charge in [-0.2, -0.15) is 0 Å². The second-order valence-corrected chi connectivity index (χ2v) is 7.54. The third-order valence-electron chi connectivity index (χ3n) is 5.13. The number of nitrogens with zero attached hydrogens (tertiary/aromatic N) is 2. The van der Waals surface area contributed by atoms with E-state index in [-0.39, 0.29) is 12.5 Å². The SMILES string of the molecule is CCc1ccc(CN2CCN(C(=O)COc3ccc(C)cc3)CC2)cc1.O=C(O)C(=O)O. The minimum atomic E-state index is -1.82. The Morgan fingerprint density at radius 3 is 1.88 bits per heavy atom. The molecule has 0 saturated carbocycles. The van der Waals surface area contributed by atoms with Crippen LogP contribution in [0.25, 0.3) is 0 Å². The molecule has 1 saturated heterocycles. The summed E-state index contributed by atoms with van der Waals surface area (Å²) >= 11 is 0. The fraction of sp³-hybridized carbons (Fsp3) is 0.375. The molecule has 2 N–H and O–H groups in total. The maximum absolute atomic E-state index is 12.4. The number of piperazine rings is 1. The molecular formula is C24H30N2O6. The largest absolute Gasteiger partial charge is 0.484 e. The number of amides is 1. The lowest BCUT2D eigenvalue weighted by Gasteiger charge is -2.34. The van der Waals surface area contributed by atoms with Gasteiger partial charge in [-0.3, -0.25) is 9.69 Å². The lowest BCUT2D eigenvalue weighted by atomic mass is 10.1. The molecule has 0 aromatic heterocycles. The average Bonchev–Trinajstić information content (AvgIpc) is 2.80. The van der Waals surface area contributed by atoms with Crippen LogP contribution >= 0.6 is 0 Å². The van der Waals surface area contributed by atoms with Crippen LogP contribution < -0.4 is 4.74 Å². The number of carbonyl (C=O) groups is 3. The lowest BCUT2D eigenvalue weighted by molar-refractivity contribution is -0.159. The van der Waals surface area contributed by atoms with Gasteiger partial charge >= 0.3 is 11.9 Å². The van der Waals surface area contributed by atoms with Gasteiger partial charge in [-0.1, -0.05) is 48.9 Å². The first-order valence-corrected chi connectivity index (χ1v) is 10.5. The van der Waals surface area contributed by atoms with Gasteiger partial charge in [0.1, 0.15) is 5.75 Å². The van der Waals surface area contributed by atoms with E-state index in [1.807, 2.05) is 36.1 Å². The van der Waals surface area contributed by atoms with Crippen LogP contribution in [0.2, 0.25) is 0 Å². The zero-order chi connectivity index (χ0) is 23.5. The standard InChI is InChI=1S/C22H28N2O2.C2H2O4/c1-3-19-6-8-20(9-7-19)16-23-12-14-24(15-13-23)22(25)17-26-21-10-4-18(2)5-11-21;3-1(4)2(5)6/h4-11H,3,12-17H2,1-2H3;(H,3,4)(H,5,6). The molecule has 8 heteroatoms. The summed E-state index contributed by atoms with van der Waals surface area (Å²) in [6, 6.07) is 16.6. The Kier molecular flexibility index (Phi) is 9.69. The summed E-state index contributed by atoms with van der Waals surface area (Å²) in [5.74, 6) is -2.83. The first-order valence-electron chi connectivity index (χ1n) is 10.5. The van der Waals surface area contributed by atoms with Crippen LogP contribution in [0.3, 0.4) is 0 Å². The lowest BCUT2D eigenvalue weighted by Crippen LogP contribution is -2.49. The Balaban J connectivity index is 0.000000534. The van der Waals surface area contributed by atoms with Gasteiger partial charge in [0.25, 0.3) is 5.91 Å². The molecule has 2 aromatic rings. The third-order valence-corrected chi connectivity index (χ3v) is 5.13. The molecule has 2 aromatic carbocycles. The van der Waals surface area contributed by atoms with Crippen molar-refractivity contribution in [2.75, 3.05) is 32.8 Å². The molecule has 1 heterocycles. The fourth-order valence-electron chi connectivity index (χ4n) is 3.16. The van der Waals surface area contributed by atoms with Crippen molar-refractivity contribution in [1.29, 1.82) is 0 Å². The predicted molar refractivity (Wildman–Crippen MR) is 120 cm³/mol. The van der Waals surface area contributed by atoms with Crippen LogP contribution in [-0.4, -0.2) is 70.6 Å². The van der Waals surface area contributed by atoms with Crippen LogP contribution in [0.4, 0.5) is 0 Å². The van der Waals surface area contributed by atoms with Crippen molar-refractivity contribution in [2.45, 2.75) is 26.8 Å². The molecule has 3 rings (SSSR count). The van der Waals surface area contributed by atoms with Crippen LogP contribution in [0.5, 0.6) is 5.75 Å². The van der Waals surface area contributed by atoms with E-state index in [1.165, 1.54) is 16.7 Å². The molecule has 1 aliphatic heterocycles. The Hall–Kier alpha value is -3.39. The van der Waals surface area contributed by atoms with Gasteiger partial charge in [0.2, 0.25) is 0 Å². The van der Waals surface area contributed by atoms with Crippen LogP contribution in [0.15, 0.2) is 48.5 Å². The molecule has 0 spiro atoms. The van der Waals surface area contributed by atoms with E-state index >= 15 is 0 Å². The quantitative estimate of drug-likeness (QED) is 0.662. The normalized spacial score (nSPS) is 13.6. The molecule has 0 bridgehead atoms. The molecule has 0 aliphatic carbocycles. The van der Waals surface area contributed by atoms with E-state index in [0.717, 1.165) is 44.9 Å². The van der Waals surface area contributed by atoms with E-state index in [9.17, 15) is 4.79 Å². The van der Waals surface area contributed by atoms with E-state index in [2.05, 4.69) is 36.1 Å². The third kappa shape index (κ3) is 8.39. The van der Waals surface area contributed by atoms with Crippen molar-refractivity contribution in [3.63, 3.8) is 0 Å². The number of aryl methyl sites for hydroxylation is 2. The highest BCUT2D eigenvalue weighted by molar-refractivity contribution is 6.27. The van der Waals surface area contributed by atoms with Crippen molar-refractivity contribution in [3.8, 4) is 5.75 Å². The minimum absolute atomic E-state index is 0.0672. The first-order chi connectivity index (χ1) is 15.3. The molecule has 1 aliphatic rings. The van der Waals surface area contributed by atoms with E-state index in [1.54, 1.807) is 0 Å². The second-order valence-electron chi connectivity index (χ2n) is 7.54. The number of hydrogen-bond acceptors (Lipinski definition) is 5. The van der Waals surface area contributed by atoms with Gasteiger partial charge < -0.3 is 19.8 Å². The molecule has 1 amide bonds. The second kappa shape index (κ2) is 12.5. The molecule has 32 heavy (non-hydrogen) atoms. The summed E-state index contributed by atoms with van der Waals surface area (Å²) in [4.78, 5) is 34.9. The number of aliphatic carboxylic acids is 2. The fourth-order valence-corrected chi connectivity index (χ4v) is 3.16. The van der Waals surface area contributed by atoms with Crippen LogP contribution in [-0.2, 0) is 27.3 Å². The number of carboxylic acids is 2. The van der Waals surface area contributed by atoms with Gasteiger partial charge in [0.15, 0.2) is 6.61 Å². The highest BCUT2D eigenvalue weighted by Gasteiger charge is 2.21. The van der Waals surface area contributed by atoms with Crippen LogP contribution in [0.1, 0.15) is 23.6 Å². The number of carbonyl (C=O) groups excluding carboxylic acids is 1. The molecule has 1 fully saturated rings. The van der Waals surface area contributed by atoms with Crippen molar-refractivity contribution in [1.82, 2.24) is 9.80 Å². The van der Waals surface area contributed by atoms with Gasteiger partial charge in [-0.25, -0.2) is 9.59 Å². The molecule has 172 valence electrons. The average molecular weight is 443 g/mol. The zero-order valence-corrected chi connectivity index (χ0v) is 18.5. The summed E-state index contributed by atoms with van der Waals surface area (Å²) in [5, 5.41) is 14.8. The maximum atomic E-state index is 12.4. The summed E-state index contributed by atoms with van der Waals surface area (Å²) in [6.07, 6.45) is 1.08. The summed E-state index contributed by atoms with van der Waals surface area (Å²) in [5.41, 5.74) is 3.89. The van der Waals surface area contributed by atoms with Gasteiger partial charge in [-0.15, -0.1) is 0 Å². The number of rotatable bonds is 6. The predicted octanol–water partition coefficient (Wildman–Crippen LogP) is 2.44. The van der Waals surface area contributed by atoms with E-state index < -0.39 is 11.9 Å². The van der Waals surface area contributed by atoms with Crippen molar-refractivity contribution >= 4 is 17.8 Å². The number of hydrogen-bond donors (Lipinski definition) is 2. The van der Waals surface area contributed by atoms with Crippen molar-refractivity contribution in [3.05, 3.63) is 65.2 Å². The molecule has 0 atom stereocenters. The van der Waals surface area contributed by atoms with Crippen molar-refractivity contribution < 1.29 is 29.3 Å². The van der Waals surface area contributed by atoms with Gasteiger partial charge in [0.05, 0.1) is 0 Å². The van der Waals surface area contributed by atoms with Gasteiger partial charge in [-0.05, 0) is 36.6 Å². The topological polar surface area (TPSA) is 107 Å². The summed E-state index contributed by atoms with van der Waals surface area (Å²) < 4.78 is 5.62. The zero-order valence-electron chi connectivity index (χ0n) is 18.5. The highest BCUT2D eigenvalue weighted by atomic mass is 16.5. The van der Waals surface area contributed by atoms with Crippen LogP contribution in [0, 0.1) is 6.92 Å². The molecule has 0 unspecified atom stereocenters. The Morgan fingerprint density at radius 1 is 0.844 bits per heavy atom. The molecule has 0 radical (unpaired) electrons. The smallest absolute Gasteiger partial charge is 0.414 e. The summed E-state index contributed by atoms with van der Waals surface area (Å²) in [7, 11) is 0. The summed E-state index contributed by atoms with van der Waals surface area (Å²) in [6.45, 7) is 8.62. The number of benzene rings is 2. The number of carboxylic acid groups (broad SMARTS) is 2. The Labute approximate surface area is 188 Å². The first kappa shape index (κ1) is 24.9. The monoisotopic (exact) mass is 442 g/mol. The van der Waals surface area contributed by atoms with Crippen molar-refractivity contribution in [2.24, 2.45) is 0 Å². The maximum Gasteiger partial charge on any atom is 0.414 e. The Morgan fingerprint density at radius 2 is 1.38 bits per heavy atom. The molecule has 8 nitrogen and oxygen atoms in total. The highest BCUT2D eigenvalue weighted by Crippen LogP contribution is 2.13. The minimum Gasteiger partial charge on any atom is -0.484 e. The Bertz CT molecular complexity index is 876. The van der Waals surface area contributed by atoms with E-state index in [0.29, 0.717) is 0 Å². The van der Waals surface area contributed by atoms with E-state index in [4.69, 9.17) is 24.5 Å².